The van der Waals surface area contributed by atoms with Crippen LogP contribution < -0.4 is 5.32 Å². The van der Waals surface area contributed by atoms with Gasteiger partial charge in [0.15, 0.2) is 0 Å². The molecule has 2 amide bonds. The zero-order valence-corrected chi connectivity index (χ0v) is 12.7. The van der Waals surface area contributed by atoms with Gasteiger partial charge in [-0.15, -0.1) is 0 Å². The first kappa shape index (κ1) is 14.6. The van der Waals surface area contributed by atoms with Crippen LogP contribution in [0, 0.1) is 0 Å². The Balaban J connectivity index is 1.75. The molecule has 0 aromatic heterocycles. The van der Waals surface area contributed by atoms with E-state index in [1.54, 1.807) is 0 Å². The fraction of sp³-hybridized carbons (Fsp3) is 0.316. The van der Waals surface area contributed by atoms with E-state index < -0.39 is 0 Å². The lowest BCUT2D eigenvalue weighted by Crippen LogP contribution is -2.40. The standard InChI is InChI=1S/C19H22N2O/c22-19(21-13-7-8-14-21)20-18(17-11-5-2-6-12-17)15-16-9-3-1-4-10-16/h1-6,9-12,18H,7-8,13-15H2,(H,20,22)/t18-/m0/s1. The van der Waals surface area contributed by atoms with E-state index >= 15 is 0 Å². The first-order chi connectivity index (χ1) is 10.8. The highest BCUT2D eigenvalue weighted by Crippen LogP contribution is 2.19. The Morgan fingerprint density at radius 3 is 2.18 bits per heavy atom. The molecule has 1 fully saturated rings. The molecule has 2 aromatic carbocycles. The molecule has 0 radical (unpaired) electrons. The third-order valence-corrected chi connectivity index (χ3v) is 4.18. The van der Waals surface area contributed by atoms with Gasteiger partial charge in [-0.3, -0.25) is 0 Å². The maximum absolute atomic E-state index is 12.4. The number of likely N-dealkylation sites (tertiary alicyclic amines) is 1. The lowest BCUT2D eigenvalue weighted by atomic mass is 9.99. The fourth-order valence-corrected chi connectivity index (χ4v) is 2.95. The summed E-state index contributed by atoms with van der Waals surface area (Å²) in [6.45, 7) is 1.75. The Morgan fingerprint density at radius 1 is 0.955 bits per heavy atom. The second kappa shape index (κ2) is 7.12. The quantitative estimate of drug-likeness (QED) is 0.914. The van der Waals surface area contributed by atoms with Crippen molar-refractivity contribution in [3.05, 3.63) is 71.8 Å². The molecule has 3 heteroatoms. The van der Waals surface area contributed by atoms with E-state index in [9.17, 15) is 4.79 Å². The van der Waals surface area contributed by atoms with Gasteiger partial charge in [0.05, 0.1) is 6.04 Å². The minimum Gasteiger partial charge on any atom is -0.331 e. The second-order valence-electron chi connectivity index (χ2n) is 5.80. The van der Waals surface area contributed by atoms with Crippen LogP contribution in [0.1, 0.15) is 30.0 Å². The van der Waals surface area contributed by atoms with Gasteiger partial charge in [-0.25, -0.2) is 4.79 Å². The molecule has 0 bridgehead atoms. The SMILES string of the molecule is O=C(N[C@@H](Cc1ccccc1)c1ccccc1)N1CCCC1. The molecule has 1 aliphatic heterocycles. The van der Waals surface area contributed by atoms with Gasteiger partial charge in [0.25, 0.3) is 0 Å². The predicted octanol–water partition coefficient (Wildman–Crippen LogP) is 3.78. The van der Waals surface area contributed by atoms with Crippen molar-refractivity contribution in [2.45, 2.75) is 25.3 Å². The van der Waals surface area contributed by atoms with E-state index in [-0.39, 0.29) is 12.1 Å². The summed E-state index contributed by atoms with van der Waals surface area (Å²) < 4.78 is 0. The summed E-state index contributed by atoms with van der Waals surface area (Å²) in [5.74, 6) is 0. The van der Waals surface area contributed by atoms with Crippen LogP contribution in [0.5, 0.6) is 0 Å². The van der Waals surface area contributed by atoms with Crippen LogP contribution >= 0.6 is 0 Å². The molecule has 1 aliphatic rings. The van der Waals surface area contributed by atoms with Crippen molar-refractivity contribution in [3.63, 3.8) is 0 Å². The van der Waals surface area contributed by atoms with Gasteiger partial charge < -0.3 is 10.2 Å². The maximum atomic E-state index is 12.4. The zero-order valence-electron chi connectivity index (χ0n) is 12.7. The third-order valence-electron chi connectivity index (χ3n) is 4.18. The van der Waals surface area contributed by atoms with E-state index in [0.717, 1.165) is 37.9 Å². The lowest BCUT2D eigenvalue weighted by Gasteiger charge is -2.23. The third kappa shape index (κ3) is 3.67. The molecule has 0 spiro atoms. The van der Waals surface area contributed by atoms with Crippen LogP contribution in [0.2, 0.25) is 0 Å². The van der Waals surface area contributed by atoms with Gasteiger partial charge in [0.1, 0.15) is 0 Å². The highest BCUT2D eigenvalue weighted by Gasteiger charge is 2.21. The predicted molar refractivity (Wildman–Crippen MR) is 88.7 cm³/mol. The van der Waals surface area contributed by atoms with Gasteiger partial charge in [0.2, 0.25) is 0 Å². The number of benzene rings is 2. The van der Waals surface area contributed by atoms with Gasteiger partial charge in [0, 0.05) is 13.1 Å². The molecule has 114 valence electrons. The Morgan fingerprint density at radius 2 is 1.55 bits per heavy atom. The molecule has 22 heavy (non-hydrogen) atoms. The maximum Gasteiger partial charge on any atom is 0.317 e. The molecule has 1 N–H and O–H groups in total. The minimum atomic E-state index is 0.0108. The number of amides is 2. The molecule has 3 nitrogen and oxygen atoms in total. The number of carbonyl (C=O) groups is 1. The molecule has 1 heterocycles. The van der Waals surface area contributed by atoms with Crippen molar-refractivity contribution in [1.82, 2.24) is 10.2 Å². The van der Waals surface area contributed by atoms with Crippen molar-refractivity contribution < 1.29 is 4.79 Å². The first-order valence-electron chi connectivity index (χ1n) is 7.97. The lowest BCUT2D eigenvalue weighted by molar-refractivity contribution is 0.204. The molecule has 0 unspecified atom stereocenters. The van der Waals surface area contributed by atoms with E-state index in [4.69, 9.17) is 0 Å². The summed E-state index contributed by atoms with van der Waals surface area (Å²) in [5.41, 5.74) is 2.39. The van der Waals surface area contributed by atoms with Crippen molar-refractivity contribution in [2.24, 2.45) is 0 Å². The van der Waals surface area contributed by atoms with Crippen LogP contribution in [0.3, 0.4) is 0 Å². The number of hydrogen-bond acceptors (Lipinski definition) is 1. The zero-order chi connectivity index (χ0) is 15.2. The summed E-state index contributed by atoms with van der Waals surface area (Å²) in [6.07, 6.45) is 3.04. The van der Waals surface area contributed by atoms with Crippen LogP contribution in [0.15, 0.2) is 60.7 Å². The van der Waals surface area contributed by atoms with Gasteiger partial charge in [-0.2, -0.15) is 0 Å². The van der Waals surface area contributed by atoms with E-state index in [1.807, 2.05) is 41.3 Å². The molecule has 2 aromatic rings. The summed E-state index contributed by atoms with van der Waals surface area (Å²) in [4.78, 5) is 14.4. The average molecular weight is 294 g/mol. The molecular weight excluding hydrogens is 272 g/mol. The van der Waals surface area contributed by atoms with Crippen LogP contribution in [-0.4, -0.2) is 24.0 Å². The van der Waals surface area contributed by atoms with Crippen LogP contribution in [-0.2, 0) is 6.42 Å². The number of nitrogens with one attached hydrogen (secondary N) is 1. The number of hydrogen-bond donors (Lipinski definition) is 1. The van der Waals surface area contributed by atoms with Gasteiger partial charge >= 0.3 is 6.03 Å². The molecule has 3 rings (SSSR count). The highest BCUT2D eigenvalue weighted by molar-refractivity contribution is 5.75. The van der Waals surface area contributed by atoms with Gasteiger partial charge in [-0.05, 0) is 30.4 Å². The number of urea groups is 1. The molecule has 1 atom stereocenters. The van der Waals surface area contributed by atoms with Crippen molar-refractivity contribution in [3.8, 4) is 0 Å². The van der Waals surface area contributed by atoms with E-state index in [2.05, 4.69) is 29.6 Å². The van der Waals surface area contributed by atoms with E-state index in [1.165, 1.54) is 5.56 Å². The number of rotatable bonds is 4. The Kier molecular flexibility index (Phi) is 4.74. The molecule has 1 saturated heterocycles. The average Bonchev–Trinajstić information content (AvgIpc) is 3.11. The smallest absolute Gasteiger partial charge is 0.317 e. The Bertz CT molecular complexity index is 591. The van der Waals surface area contributed by atoms with Crippen molar-refractivity contribution in [1.29, 1.82) is 0 Å². The largest absolute Gasteiger partial charge is 0.331 e. The molecular formula is C19H22N2O. The second-order valence-corrected chi connectivity index (χ2v) is 5.80. The summed E-state index contributed by atoms with van der Waals surface area (Å²) >= 11 is 0. The Labute approximate surface area is 132 Å². The van der Waals surface area contributed by atoms with Crippen molar-refractivity contribution in [2.75, 3.05) is 13.1 Å². The monoisotopic (exact) mass is 294 g/mol. The topological polar surface area (TPSA) is 32.3 Å². The molecule has 0 aliphatic carbocycles. The minimum absolute atomic E-state index is 0.0108. The highest BCUT2D eigenvalue weighted by atomic mass is 16.2. The van der Waals surface area contributed by atoms with Crippen LogP contribution in [0.4, 0.5) is 4.79 Å². The number of nitrogens with zero attached hydrogens (tertiary/aromatic N) is 1. The number of carbonyl (C=O) groups excluding carboxylic acids is 1. The molecule has 0 saturated carbocycles. The first-order valence-corrected chi connectivity index (χ1v) is 7.97. The normalized spacial score (nSPS) is 15.5. The van der Waals surface area contributed by atoms with Crippen LogP contribution in [0.25, 0.3) is 0 Å². The summed E-state index contributed by atoms with van der Waals surface area (Å²) in [5, 5.41) is 3.21. The fourth-order valence-electron chi connectivity index (χ4n) is 2.95. The van der Waals surface area contributed by atoms with Gasteiger partial charge in [-0.1, -0.05) is 60.7 Å². The summed E-state index contributed by atoms with van der Waals surface area (Å²) in [6, 6.07) is 20.6. The van der Waals surface area contributed by atoms with E-state index in [0.29, 0.717) is 0 Å². The summed E-state index contributed by atoms with van der Waals surface area (Å²) in [7, 11) is 0. The van der Waals surface area contributed by atoms with Crippen molar-refractivity contribution >= 4 is 6.03 Å². The Hall–Kier alpha value is -2.29.